The molecule has 1 aromatic heterocycles. The summed E-state index contributed by atoms with van der Waals surface area (Å²) in [7, 11) is 0. The fourth-order valence-electron chi connectivity index (χ4n) is 2.63. The quantitative estimate of drug-likeness (QED) is 0.905. The molecule has 5 nitrogen and oxygen atoms in total. The van der Waals surface area contributed by atoms with Crippen molar-refractivity contribution in [2.24, 2.45) is 0 Å². The molecular formula is C14H23ClN4O. The average molecular weight is 299 g/mol. The number of halogens is 1. The Bertz CT molecular complexity index is 494. The van der Waals surface area contributed by atoms with Crippen molar-refractivity contribution >= 4 is 17.3 Å². The Morgan fingerprint density at radius 1 is 1.40 bits per heavy atom. The molecule has 0 aromatic carbocycles. The fourth-order valence-corrected chi connectivity index (χ4v) is 2.83. The van der Waals surface area contributed by atoms with Crippen LogP contribution in [0.15, 0.2) is 11.0 Å². The van der Waals surface area contributed by atoms with Crippen molar-refractivity contribution in [3.63, 3.8) is 0 Å². The Balaban J connectivity index is 1.98. The van der Waals surface area contributed by atoms with Gasteiger partial charge >= 0.3 is 0 Å². The molecule has 0 unspecified atom stereocenters. The molecule has 0 amide bonds. The van der Waals surface area contributed by atoms with E-state index in [1.54, 1.807) is 6.20 Å². The minimum Gasteiger partial charge on any atom is -0.380 e. The number of aromatic nitrogens is 2. The molecule has 1 aliphatic rings. The summed E-state index contributed by atoms with van der Waals surface area (Å²) >= 11 is 6.13. The lowest BCUT2D eigenvalue weighted by molar-refractivity contribution is 0.219. The number of anilines is 1. The standard InChI is InChI=1S/C14H23ClN4O/c1-3-7-18-8-5-11(6-9-18)17-12-10-16-19(4-2)14(20)13(12)15/h10-11,17H,3-9H2,1-2H3. The number of hydrogen-bond acceptors (Lipinski definition) is 4. The first-order valence-corrected chi connectivity index (χ1v) is 7.78. The second-order valence-electron chi connectivity index (χ2n) is 5.25. The molecule has 0 spiro atoms. The van der Waals surface area contributed by atoms with E-state index in [0.717, 1.165) is 25.9 Å². The fraction of sp³-hybridized carbons (Fsp3) is 0.714. The first kappa shape index (κ1) is 15.3. The third-order valence-electron chi connectivity index (χ3n) is 3.77. The van der Waals surface area contributed by atoms with Gasteiger partial charge in [-0.15, -0.1) is 0 Å². The molecule has 1 aromatic rings. The number of nitrogens with one attached hydrogen (secondary N) is 1. The van der Waals surface area contributed by atoms with Crippen molar-refractivity contribution in [2.75, 3.05) is 25.0 Å². The maximum absolute atomic E-state index is 11.9. The number of likely N-dealkylation sites (tertiary alicyclic amines) is 1. The van der Waals surface area contributed by atoms with Crippen LogP contribution in [0.5, 0.6) is 0 Å². The molecule has 0 radical (unpaired) electrons. The predicted octanol–water partition coefficient (Wildman–Crippen LogP) is 2.20. The van der Waals surface area contributed by atoms with Gasteiger partial charge in [-0.05, 0) is 32.7 Å². The van der Waals surface area contributed by atoms with Crippen molar-refractivity contribution in [1.29, 1.82) is 0 Å². The molecule has 2 rings (SSSR count). The van der Waals surface area contributed by atoms with Crippen LogP contribution in [0.4, 0.5) is 5.69 Å². The molecule has 0 atom stereocenters. The van der Waals surface area contributed by atoms with Gasteiger partial charge in [-0.1, -0.05) is 18.5 Å². The van der Waals surface area contributed by atoms with E-state index in [0.29, 0.717) is 18.3 Å². The monoisotopic (exact) mass is 298 g/mol. The van der Waals surface area contributed by atoms with Gasteiger partial charge in [0.15, 0.2) is 0 Å². The second-order valence-corrected chi connectivity index (χ2v) is 5.63. The van der Waals surface area contributed by atoms with E-state index in [9.17, 15) is 4.79 Å². The number of piperidine rings is 1. The summed E-state index contributed by atoms with van der Waals surface area (Å²) in [5.74, 6) is 0. The Morgan fingerprint density at radius 3 is 2.70 bits per heavy atom. The molecular weight excluding hydrogens is 276 g/mol. The molecule has 0 aliphatic carbocycles. The van der Waals surface area contributed by atoms with Gasteiger partial charge in [0.1, 0.15) is 5.02 Å². The highest BCUT2D eigenvalue weighted by atomic mass is 35.5. The molecule has 1 N–H and O–H groups in total. The third-order valence-corrected chi connectivity index (χ3v) is 4.14. The van der Waals surface area contributed by atoms with Gasteiger partial charge in [0, 0.05) is 25.7 Å². The van der Waals surface area contributed by atoms with Gasteiger partial charge < -0.3 is 10.2 Å². The Morgan fingerprint density at radius 2 is 2.10 bits per heavy atom. The second kappa shape index (κ2) is 7.09. The highest BCUT2D eigenvalue weighted by Crippen LogP contribution is 2.20. The third kappa shape index (κ3) is 3.52. The number of nitrogens with zero attached hydrogens (tertiary/aromatic N) is 3. The van der Waals surface area contributed by atoms with Gasteiger partial charge in [0.25, 0.3) is 5.56 Å². The van der Waals surface area contributed by atoms with Gasteiger partial charge in [-0.3, -0.25) is 4.79 Å². The van der Waals surface area contributed by atoms with Crippen molar-refractivity contribution in [3.05, 3.63) is 21.6 Å². The van der Waals surface area contributed by atoms with Gasteiger partial charge in [0.05, 0.1) is 11.9 Å². The van der Waals surface area contributed by atoms with Gasteiger partial charge in [-0.25, -0.2) is 4.68 Å². The normalized spacial score (nSPS) is 17.4. The predicted molar refractivity (Wildman–Crippen MR) is 82.6 cm³/mol. The van der Waals surface area contributed by atoms with E-state index in [-0.39, 0.29) is 10.6 Å². The molecule has 1 aliphatic heterocycles. The highest BCUT2D eigenvalue weighted by Gasteiger charge is 2.20. The molecule has 1 saturated heterocycles. The molecule has 0 bridgehead atoms. The summed E-state index contributed by atoms with van der Waals surface area (Å²) in [5, 5.41) is 7.73. The molecule has 20 heavy (non-hydrogen) atoms. The lowest BCUT2D eigenvalue weighted by Crippen LogP contribution is -2.39. The van der Waals surface area contributed by atoms with Crippen molar-refractivity contribution in [1.82, 2.24) is 14.7 Å². The minimum absolute atomic E-state index is 0.220. The van der Waals surface area contributed by atoms with E-state index in [1.165, 1.54) is 17.6 Å². The average Bonchev–Trinajstić information content (AvgIpc) is 2.46. The van der Waals surface area contributed by atoms with E-state index in [1.807, 2.05) is 6.92 Å². The first-order valence-electron chi connectivity index (χ1n) is 7.40. The highest BCUT2D eigenvalue weighted by molar-refractivity contribution is 6.32. The zero-order valence-electron chi connectivity index (χ0n) is 12.2. The van der Waals surface area contributed by atoms with Crippen LogP contribution in [-0.4, -0.2) is 40.4 Å². The van der Waals surface area contributed by atoms with E-state index in [2.05, 4.69) is 22.2 Å². The topological polar surface area (TPSA) is 50.2 Å². The van der Waals surface area contributed by atoms with Crippen molar-refractivity contribution in [3.8, 4) is 0 Å². The van der Waals surface area contributed by atoms with Gasteiger partial charge in [0.2, 0.25) is 0 Å². The van der Waals surface area contributed by atoms with E-state index >= 15 is 0 Å². The van der Waals surface area contributed by atoms with Crippen LogP contribution < -0.4 is 10.9 Å². The van der Waals surface area contributed by atoms with Crippen molar-refractivity contribution < 1.29 is 0 Å². The number of hydrogen-bond donors (Lipinski definition) is 1. The summed E-state index contributed by atoms with van der Waals surface area (Å²) in [6.07, 6.45) is 5.01. The zero-order chi connectivity index (χ0) is 14.5. The molecule has 0 saturated carbocycles. The SMILES string of the molecule is CCCN1CCC(Nc2cnn(CC)c(=O)c2Cl)CC1. The van der Waals surface area contributed by atoms with Crippen molar-refractivity contribution in [2.45, 2.75) is 45.7 Å². The van der Waals surface area contributed by atoms with Crippen LogP contribution in [0.2, 0.25) is 5.02 Å². The summed E-state index contributed by atoms with van der Waals surface area (Å²) in [6, 6.07) is 0.374. The van der Waals surface area contributed by atoms with Crippen LogP contribution in [0.25, 0.3) is 0 Å². The Hall–Kier alpha value is -1.07. The number of aryl methyl sites for hydroxylation is 1. The van der Waals surface area contributed by atoms with Crippen LogP contribution in [0, 0.1) is 0 Å². The zero-order valence-corrected chi connectivity index (χ0v) is 13.0. The van der Waals surface area contributed by atoms with Crippen LogP contribution in [0.3, 0.4) is 0 Å². The maximum atomic E-state index is 11.9. The molecule has 1 fully saturated rings. The summed E-state index contributed by atoms with van der Waals surface area (Å²) in [5.41, 5.74) is 0.442. The lowest BCUT2D eigenvalue weighted by atomic mass is 10.0. The largest absolute Gasteiger partial charge is 0.380 e. The van der Waals surface area contributed by atoms with Crippen LogP contribution >= 0.6 is 11.6 Å². The summed E-state index contributed by atoms with van der Waals surface area (Å²) < 4.78 is 1.37. The summed E-state index contributed by atoms with van der Waals surface area (Å²) in [6.45, 7) is 7.99. The van der Waals surface area contributed by atoms with E-state index in [4.69, 9.17) is 11.6 Å². The molecule has 112 valence electrons. The minimum atomic E-state index is -0.220. The van der Waals surface area contributed by atoms with Crippen LogP contribution in [-0.2, 0) is 6.54 Å². The van der Waals surface area contributed by atoms with Crippen LogP contribution in [0.1, 0.15) is 33.1 Å². The maximum Gasteiger partial charge on any atom is 0.287 e. The Labute approximate surface area is 124 Å². The van der Waals surface area contributed by atoms with E-state index < -0.39 is 0 Å². The lowest BCUT2D eigenvalue weighted by Gasteiger charge is -2.32. The molecule has 2 heterocycles. The Kier molecular flexibility index (Phi) is 5.43. The smallest absolute Gasteiger partial charge is 0.287 e. The first-order chi connectivity index (χ1) is 9.65. The molecule has 6 heteroatoms. The van der Waals surface area contributed by atoms with Gasteiger partial charge in [-0.2, -0.15) is 5.10 Å². The summed E-state index contributed by atoms with van der Waals surface area (Å²) in [4.78, 5) is 14.4. The number of rotatable bonds is 5.